The van der Waals surface area contributed by atoms with E-state index in [1.165, 1.54) is 0 Å². The lowest BCUT2D eigenvalue weighted by Gasteiger charge is -2.38. The smallest absolute Gasteiger partial charge is 0.240 e. The standard InChI is InChI=1S/C13H26N2O/c1-7-8-11-14-9(2)12(16)15(11)10(3)13(4,5)6/h9-11,14H,7-8H2,1-6H3. The summed E-state index contributed by atoms with van der Waals surface area (Å²) >= 11 is 0. The van der Waals surface area contributed by atoms with Crippen molar-refractivity contribution in [3.05, 3.63) is 0 Å². The van der Waals surface area contributed by atoms with E-state index >= 15 is 0 Å². The Kier molecular flexibility index (Phi) is 4.00. The number of hydrogen-bond donors (Lipinski definition) is 1. The van der Waals surface area contributed by atoms with E-state index in [-0.39, 0.29) is 29.6 Å². The summed E-state index contributed by atoms with van der Waals surface area (Å²) < 4.78 is 0. The molecule has 0 saturated carbocycles. The van der Waals surface area contributed by atoms with Crippen LogP contribution in [0.2, 0.25) is 0 Å². The number of hydrogen-bond acceptors (Lipinski definition) is 2. The van der Waals surface area contributed by atoms with E-state index in [2.05, 4.69) is 39.9 Å². The Morgan fingerprint density at radius 2 is 2.00 bits per heavy atom. The fourth-order valence-corrected chi connectivity index (χ4v) is 2.19. The van der Waals surface area contributed by atoms with E-state index in [1.807, 2.05) is 11.8 Å². The first-order valence-electron chi connectivity index (χ1n) is 6.37. The highest BCUT2D eigenvalue weighted by Crippen LogP contribution is 2.29. The van der Waals surface area contributed by atoms with Crippen LogP contribution in [-0.2, 0) is 4.79 Å². The largest absolute Gasteiger partial charge is 0.323 e. The van der Waals surface area contributed by atoms with Crippen LogP contribution in [0.1, 0.15) is 54.4 Å². The van der Waals surface area contributed by atoms with Crippen LogP contribution in [0, 0.1) is 5.41 Å². The molecule has 3 nitrogen and oxygen atoms in total. The Bertz CT molecular complexity index is 257. The molecule has 1 rings (SSSR count). The minimum Gasteiger partial charge on any atom is -0.323 e. The van der Waals surface area contributed by atoms with Gasteiger partial charge >= 0.3 is 0 Å². The summed E-state index contributed by atoms with van der Waals surface area (Å²) in [6.07, 6.45) is 2.36. The van der Waals surface area contributed by atoms with Crippen molar-refractivity contribution in [1.82, 2.24) is 10.2 Å². The first-order valence-corrected chi connectivity index (χ1v) is 6.37. The number of carbonyl (C=O) groups is 1. The fourth-order valence-electron chi connectivity index (χ4n) is 2.19. The van der Waals surface area contributed by atoms with Crippen molar-refractivity contribution in [1.29, 1.82) is 0 Å². The Balaban J connectivity index is 2.85. The van der Waals surface area contributed by atoms with Crippen molar-refractivity contribution in [3.8, 4) is 0 Å². The minimum atomic E-state index is -0.0265. The lowest BCUT2D eigenvalue weighted by atomic mass is 9.86. The van der Waals surface area contributed by atoms with Gasteiger partial charge in [-0.2, -0.15) is 0 Å². The maximum absolute atomic E-state index is 12.1. The summed E-state index contributed by atoms with van der Waals surface area (Å²) in [7, 11) is 0. The van der Waals surface area contributed by atoms with Gasteiger partial charge in [-0.15, -0.1) is 0 Å². The van der Waals surface area contributed by atoms with E-state index in [4.69, 9.17) is 0 Å². The monoisotopic (exact) mass is 226 g/mol. The van der Waals surface area contributed by atoms with Crippen molar-refractivity contribution in [2.24, 2.45) is 5.41 Å². The normalized spacial score (nSPS) is 28.6. The van der Waals surface area contributed by atoms with Gasteiger partial charge in [0.1, 0.15) is 0 Å². The predicted octanol–water partition coefficient (Wildman–Crippen LogP) is 2.37. The molecule has 94 valence electrons. The number of amides is 1. The summed E-state index contributed by atoms with van der Waals surface area (Å²) in [5.74, 6) is 0.251. The molecule has 1 saturated heterocycles. The van der Waals surface area contributed by atoms with Gasteiger partial charge in [-0.3, -0.25) is 10.1 Å². The lowest BCUT2D eigenvalue weighted by Crippen LogP contribution is -2.48. The highest BCUT2D eigenvalue weighted by Gasteiger charge is 2.41. The molecule has 3 atom stereocenters. The molecule has 1 N–H and O–H groups in total. The average molecular weight is 226 g/mol. The molecule has 0 radical (unpaired) electrons. The maximum atomic E-state index is 12.1. The molecular formula is C13H26N2O. The van der Waals surface area contributed by atoms with Crippen molar-refractivity contribution in [2.45, 2.75) is 72.6 Å². The van der Waals surface area contributed by atoms with Crippen LogP contribution in [-0.4, -0.2) is 29.1 Å². The van der Waals surface area contributed by atoms with Gasteiger partial charge in [0, 0.05) is 6.04 Å². The van der Waals surface area contributed by atoms with Gasteiger partial charge in [0.05, 0.1) is 12.2 Å². The quantitative estimate of drug-likeness (QED) is 0.801. The predicted molar refractivity (Wildman–Crippen MR) is 67.1 cm³/mol. The van der Waals surface area contributed by atoms with E-state index in [9.17, 15) is 4.79 Å². The summed E-state index contributed by atoms with van der Waals surface area (Å²) in [6.45, 7) is 12.8. The van der Waals surface area contributed by atoms with Crippen LogP contribution < -0.4 is 5.32 Å². The number of rotatable bonds is 3. The Morgan fingerprint density at radius 1 is 1.44 bits per heavy atom. The number of nitrogens with one attached hydrogen (secondary N) is 1. The van der Waals surface area contributed by atoms with Crippen LogP contribution in [0.3, 0.4) is 0 Å². The third-order valence-electron chi connectivity index (χ3n) is 3.64. The molecule has 0 aliphatic carbocycles. The van der Waals surface area contributed by atoms with Gasteiger partial charge in [-0.25, -0.2) is 0 Å². The van der Waals surface area contributed by atoms with E-state index in [0.29, 0.717) is 0 Å². The molecule has 3 heteroatoms. The zero-order valence-electron chi connectivity index (χ0n) is 11.5. The van der Waals surface area contributed by atoms with Gasteiger partial charge in [-0.1, -0.05) is 34.1 Å². The number of nitrogens with zero attached hydrogens (tertiary/aromatic N) is 1. The second-order valence-electron chi connectivity index (χ2n) is 5.98. The van der Waals surface area contributed by atoms with Gasteiger partial charge in [0.15, 0.2) is 0 Å². The molecule has 1 fully saturated rings. The molecule has 0 aromatic rings. The zero-order valence-corrected chi connectivity index (χ0v) is 11.5. The first kappa shape index (κ1) is 13.5. The molecular weight excluding hydrogens is 200 g/mol. The molecule has 1 amide bonds. The van der Waals surface area contributed by atoms with Gasteiger partial charge in [0.25, 0.3) is 0 Å². The van der Waals surface area contributed by atoms with Crippen molar-refractivity contribution in [3.63, 3.8) is 0 Å². The second kappa shape index (κ2) is 4.74. The van der Waals surface area contributed by atoms with Crippen molar-refractivity contribution >= 4 is 5.91 Å². The molecule has 0 bridgehead atoms. The topological polar surface area (TPSA) is 32.3 Å². The Hall–Kier alpha value is -0.570. The average Bonchev–Trinajstić information content (AvgIpc) is 2.41. The second-order valence-corrected chi connectivity index (χ2v) is 5.98. The molecule has 0 aromatic carbocycles. The van der Waals surface area contributed by atoms with Crippen LogP contribution in [0.5, 0.6) is 0 Å². The molecule has 1 aliphatic heterocycles. The third-order valence-corrected chi connectivity index (χ3v) is 3.64. The molecule has 0 aromatic heterocycles. The summed E-state index contributed by atoms with van der Waals surface area (Å²) in [4.78, 5) is 14.2. The zero-order chi connectivity index (χ0) is 12.5. The fraction of sp³-hybridized carbons (Fsp3) is 0.923. The van der Waals surface area contributed by atoms with Crippen LogP contribution in [0.4, 0.5) is 0 Å². The molecule has 3 unspecified atom stereocenters. The minimum absolute atomic E-state index is 0.0265. The lowest BCUT2D eigenvalue weighted by molar-refractivity contribution is -0.134. The third kappa shape index (κ3) is 2.57. The SMILES string of the molecule is CCCC1NC(C)C(=O)N1C(C)C(C)(C)C. The molecule has 1 aliphatic rings. The van der Waals surface area contributed by atoms with E-state index in [1.54, 1.807) is 0 Å². The van der Waals surface area contributed by atoms with E-state index in [0.717, 1.165) is 12.8 Å². The first-order chi connectivity index (χ1) is 7.29. The molecule has 1 heterocycles. The molecule has 0 spiro atoms. The highest BCUT2D eigenvalue weighted by atomic mass is 16.2. The maximum Gasteiger partial charge on any atom is 0.240 e. The number of carbonyl (C=O) groups excluding carboxylic acids is 1. The van der Waals surface area contributed by atoms with Crippen LogP contribution >= 0.6 is 0 Å². The van der Waals surface area contributed by atoms with Crippen LogP contribution in [0.15, 0.2) is 0 Å². The van der Waals surface area contributed by atoms with Crippen molar-refractivity contribution in [2.75, 3.05) is 0 Å². The summed E-state index contributed by atoms with van der Waals surface area (Å²) in [5, 5.41) is 3.38. The van der Waals surface area contributed by atoms with Gasteiger partial charge in [0.2, 0.25) is 5.91 Å². The molecule has 16 heavy (non-hydrogen) atoms. The van der Waals surface area contributed by atoms with Gasteiger partial charge in [-0.05, 0) is 25.7 Å². The Labute approximate surface area is 99.6 Å². The Morgan fingerprint density at radius 3 is 2.44 bits per heavy atom. The van der Waals surface area contributed by atoms with E-state index < -0.39 is 0 Å². The highest BCUT2D eigenvalue weighted by molar-refractivity contribution is 5.84. The van der Waals surface area contributed by atoms with Crippen molar-refractivity contribution < 1.29 is 4.79 Å². The van der Waals surface area contributed by atoms with Crippen LogP contribution in [0.25, 0.3) is 0 Å². The van der Waals surface area contributed by atoms with Gasteiger partial charge < -0.3 is 4.90 Å². The summed E-state index contributed by atoms with van der Waals surface area (Å²) in [6, 6.07) is 0.246. The summed E-state index contributed by atoms with van der Waals surface area (Å²) in [5.41, 5.74) is 0.132.